The molecule has 0 atom stereocenters. The van der Waals surface area contributed by atoms with E-state index < -0.39 is 0 Å². The van der Waals surface area contributed by atoms with E-state index in [1.807, 2.05) is 13.8 Å². The lowest BCUT2D eigenvalue weighted by atomic mass is 10.2. The molecule has 6 heteroatoms. The first kappa shape index (κ1) is 13.4. The van der Waals surface area contributed by atoms with Gasteiger partial charge in [0, 0.05) is 11.6 Å². The van der Waals surface area contributed by atoms with Gasteiger partial charge in [-0.15, -0.1) is 0 Å². The molecule has 0 unspecified atom stereocenters. The monoisotopic (exact) mass is 279 g/mol. The van der Waals surface area contributed by atoms with Gasteiger partial charge in [0.15, 0.2) is 0 Å². The topological polar surface area (TPSA) is 81.0 Å². The molecule has 3 N–H and O–H groups in total. The summed E-state index contributed by atoms with van der Waals surface area (Å²) in [5, 5.41) is 0.369. The van der Waals surface area contributed by atoms with Gasteiger partial charge in [-0.05, 0) is 18.2 Å². The molecule has 1 aromatic heterocycles. The molecule has 0 saturated carbocycles. The third-order valence-electron chi connectivity index (χ3n) is 2.45. The summed E-state index contributed by atoms with van der Waals surface area (Å²) in [6, 6.07) is 6.15. The first-order valence-corrected chi connectivity index (χ1v) is 6.17. The maximum absolute atomic E-state index is 11.5. The van der Waals surface area contributed by atoms with Crippen LogP contribution in [0.25, 0.3) is 0 Å². The number of aromatic nitrogens is 2. The Morgan fingerprint density at radius 3 is 2.74 bits per heavy atom. The molecule has 0 amide bonds. The SMILES string of the molecule is CC(C)c1nc(Oc2ccc(N)cc2Cl)cc(=O)[nH]1. The molecule has 100 valence electrons. The zero-order valence-electron chi connectivity index (χ0n) is 10.6. The van der Waals surface area contributed by atoms with Crippen molar-refractivity contribution in [2.45, 2.75) is 19.8 Å². The van der Waals surface area contributed by atoms with Crippen molar-refractivity contribution in [1.82, 2.24) is 9.97 Å². The van der Waals surface area contributed by atoms with Gasteiger partial charge in [0.05, 0.1) is 11.1 Å². The smallest absolute Gasteiger partial charge is 0.254 e. The highest BCUT2D eigenvalue weighted by Crippen LogP contribution is 2.29. The Balaban J connectivity index is 2.35. The van der Waals surface area contributed by atoms with Crippen molar-refractivity contribution in [3.63, 3.8) is 0 Å². The van der Waals surface area contributed by atoms with E-state index in [-0.39, 0.29) is 17.4 Å². The lowest BCUT2D eigenvalue weighted by molar-refractivity contribution is 0.456. The lowest BCUT2D eigenvalue weighted by Gasteiger charge is -2.09. The summed E-state index contributed by atoms with van der Waals surface area (Å²) in [6.45, 7) is 3.86. The predicted octanol–water partition coefficient (Wildman–Crippen LogP) is 2.92. The van der Waals surface area contributed by atoms with Gasteiger partial charge in [-0.1, -0.05) is 25.4 Å². The van der Waals surface area contributed by atoms with E-state index in [1.54, 1.807) is 18.2 Å². The summed E-state index contributed by atoms with van der Waals surface area (Å²) in [7, 11) is 0. The molecule has 1 heterocycles. The highest BCUT2D eigenvalue weighted by atomic mass is 35.5. The van der Waals surface area contributed by atoms with E-state index in [1.165, 1.54) is 6.07 Å². The summed E-state index contributed by atoms with van der Waals surface area (Å²) in [5.41, 5.74) is 5.88. The van der Waals surface area contributed by atoms with Gasteiger partial charge in [0.25, 0.3) is 5.56 Å². The van der Waals surface area contributed by atoms with E-state index in [9.17, 15) is 4.79 Å². The van der Waals surface area contributed by atoms with Crippen LogP contribution in [-0.2, 0) is 0 Å². The number of nitrogen functional groups attached to an aromatic ring is 1. The summed E-state index contributed by atoms with van der Waals surface area (Å²) in [4.78, 5) is 18.4. The fourth-order valence-electron chi connectivity index (χ4n) is 1.49. The molecular formula is C13H14ClN3O2. The van der Waals surface area contributed by atoms with Crippen molar-refractivity contribution in [1.29, 1.82) is 0 Å². The standard InChI is InChI=1S/C13H14ClN3O2/c1-7(2)13-16-11(18)6-12(17-13)19-10-4-3-8(15)5-9(10)14/h3-7H,15H2,1-2H3,(H,16,17,18). The minimum atomic E-state index is -0.264. The highest BCUT2D eigenvalue weighted by Gasteiger charge is 2.09. The molecule has 0 aliphatic carbocycles. The summed E-state index contributed by atoms with van der Waals surface area (Å²) >= 11 is 6.00. The molecule has 5 nitrogen and oxygen atoms in total. The number of nitrogens with two attached hydrogens (primary N) is 1. The number of rotatable bonds is 3. The average Bonchev–Trinajstić information content (AvgIpc) is 2.32. The lowest BCUT2D eigenvalue weighted by Crippen LogP contribution is -2.12. The van der Waals surface area contributed by atoms with Crippen LogP contribution in [0.1, 0.15) is 25.6 Å². The zero-order chi connectivity index (χ0) is 14.0. The minimum Gasteiger partial charge on any atom is -0.437 e. The van der Waals surface area contributed by atoms with E-state index in [2.05, 4.69) is 9.97 Å². The molecule has 0 spiro atoms. The molecule has 0 radical (unpaired) electrons. The predicted molar refractivity (Wildman–Crippen MR) is 74.9 cm³/mol. The van der Waals surface area contributed by atoms with Gasteiger partial charge < -0.3 is 15.5 Å². The molecule has 0 aliphatic heterocycles. The molecule has 0 fully saturated rings. The highest BCUT2D eigenvalue weighted by molar-refractivity contribution is 6.32. The molecule has 2 aromatic rings. The van der Waals surface area contributed by atoms with Crippen LogP contribution in [0.5, 0.6) is 11.6 Å². The van der Waals surface area contributed by atoms with Crippen molar-refractivity contribution in [2.75, 3.05) is 5.73 Å². The summed E-state index contributed by atoms with van der Waals surface area (Å²) in [5.74, 6) is 1.27. The summed E-state index contributed by atoms with van der Waals surface area (Å²) < 4.78 is 5.52. The van der Waals surface area contributed by atoms with Crippen molar-refractivity contribution in [2.24, 2.45) is 0 Å². The Bertz CT molecular complexity index is 653. The zero-order valence-corrected chi connectivity index (χ0v) is 11.4. The van der Waals surface area contributed by atoms with Gasteiger partial charge in [0.2, 0.25) is 5.88 Å². The largest absolute Gasteiger partial charge is 0.437 e. The molecule has 0 bridgehead atoms. The number of hydrogen-bond acceptors (Lipinski definition) is 4. The number of nitrogens with one attached hydrogen (secondary N) is 1. The van der Waals surface area contributed by atoms with Gasteiger partial charge in [-0.25, -0.2) is 0 Å². The molecule has 0 saturated heterocycles. The molecule has 1 aromatic carbocycles. The van der Waals surface area contributed by atoms with Crippen LogP contribution in [0.3, 0.4) is 0 Å². The van der Waals surface area contributed by atoms with Gasteiger partial charge in [-0.3, -0.25) is 4.79 Å². The fraction of sp³-hybridized carbons (Fsp3) is 0.231. The van der Waals surface area contributed by atoms with Crippen LogP contribution in [0.4, 0.5) is 5.69 Å². The molecule has 19 heavy (non-hydrogen) atoms. The number of anilines is 1. The fourth-order valence-corrected chi connectivity index (χ4v) is 1.72. The second-order valence-electron chi connectivity index (χ2n) is 4.42. The molecule has 2 rings (SSSR count). The molecular weight excluding hydrogens is 266 g/mol. The quantitative estimate of drug-likeness (QED) is 0.847. The van der Waals surface area contributed by atoms with Gasteiger partial charge in [0.1, 0.15) is 11.6 Å². The maximum atomic E-state index is 11.5. The first-order valence-electron chi connectivity index (χ1n) is 5.80. The Morgan fingerprint density at radius 2 is 2.11 bits per heavy atom. The Labute approximate surface area is 115 Å². The van der Waals surface area contributed by atoms with Crippen LogP contribution < -0.4 is 16.0 Å². The van der Waals surface area contributed by atoms with Crippen LogP contribution in [0, 0.1) is 0 Å². The van der Waals surface area contributed by atoms with Crippen LogP contribution >= 0.6 is 11.6 Å². The van der Waals surface area contributed by atoms with E-state index in [0.717, 1.165) is 0 Å². The third-order valence-corrected chi connectivity index (χ3v) is 2.75. The van der Waals surface area contributed by atoms with Gasteiger partial charge in [-0.2, -0.15) is 4.98 Å². The number of H-pyrrole nitrogens is 1. The normalized spacial score (nSPS) is 10.7. The minimum absolute atomic E-state index is 0.0955. The number of ether oxygens (including phenoxy) is 1. The number of aromatic amines is 1. The van der Waals surface area contributed by atoms with Crippen molar-refractivity contribution in [3.8, 4) is 11.6 Å². The van der Waals surface area contributed by atoms with Crippen LogP contribution in [0.2, 0.25) is 5.02 Å². The maximum Gasteiger partial charge on any atom is 0.254 e. The van der Waals surface area contributed by atoms with Crippen LogP contribution in [-0.4, -0.2) is 9.97 Å². The van der Waals surface area contributed by atoms with Crippen molar-refractivity contribution >= 4 is 17.3 Å². The van der Waals surface area contributed by atoms with Crippen LogP contribution in [0.15, 0.2) is 29.1 Å². The second-order valence-corrected chi connectivity index (χ2v) is 4.82. The Kier molecular flexibility index (Phi) is 3.76. The number of nitrogens with zero attached hydrogens (tertiary/aromatic N) is 1. The Hall–Kier alpha value is -2.01. The van der Waals surface area contributed by atoms with Crippen molar-refractivity contribution < 1.29 is 4.74 Å². The van der Waals surface area contributed by atoms with E-state index in [0.29, 0.717) is 22.3 Å². The first-order chi connectivity index (χ1) is 8.95. The third kappa shape index (κ3) is 3.26. The second kappa shape index (κ2) is 5.32. The Morgan fingerprint density at radius 1 is 1.37 bits per heavy atom. The average molecular weight is 280 g/mol. The summed E-state index contributed by atoms with van der Waals surface area (Å²) in [6.07, 6.45) is 0. The van der Waals surface area contributed by atoms with E-state index in [4.69, 9.17) is 22.1 Å². The van der Waals surface area contributed by atoms with E-state index >= 15 is 0 Å². The molecule has 0 aliphatic rings. The van der Waals surface area contributed by atoms with Gasteiger partial charge >= 0.3 is 0 Å². The number of hydrogen-bond donors (Lipinski definition) is 2. The van der Waals surface area contributed by atoms with Crippen molar-refractivity contribution in [3.05, 3.63) is 45.5 Å². The number of halogens is 1. The number of benzene rings is 1.